The molecule has 0 saturated carbocycles. The van der Waals surface area contributed by atoms with Crippen LogP contribution in [0.3, 0.4) is 0 Å². The maximum Gasteiger partial charge on any atom is 0.0645 e. The van der Waals surface area contributed by atoms with E-state index < -0.39 is 0 Å². The first-order chi connectivity index (χ1) is 9.75. The molecule has 4 nitrogen and oxygen atoms in total. The van der Waals surface area contributed by atoms with Crippen molar-refractivity contribution in [3.63, 3.8) is 0 Å². The van der Waals surface area contributed by atoms with Crippen molar-refractivity contribution in [3.05, 3.63) is 48.3 Å². The minimum Gasteiger partial charge on any atom is -0.381 e. The highest BCUT2D eigenvalue weighted by Gasteiger charge is 2.26. The molecule has 3 rings (SSSR count). The van der Waals surface area contributed by atoms with Gasteiger partial charge in [-0.15, -0.1) is 0 Å². The molecule has 2 aromatic rings. The van der Waals surface area contributed by atoms with Crippen LogP contribution in [0.5, 0.6) is 0 Å². The van der Waals surface area contributed by atoms with Crippen LogP contribution in [0.2, 0.25) is 0 Å². The van der Waals surface area contributed by atoms with Gasteiger partial charge in [0.2, 0.25) is 0 Å². The first-order valence-electron chi connectivity index (χ1n) is 7.17. The number of benzene rings is 1. The van der Waals surface area contributed by atoms with E-state index in [1.165, 1.54) is 5.56 Å². The van der Waals surface area contributed by atoms with E-state index in [9.17, 15) is 0 Å². The lowest BCUT2D eigenvalue weighted by atomic mass is 9.92. The summed E-state index contributed by atoms with van der Waals surface area (Å²) in [5.41, 5.74) is 2.49. The average Bonchev–Trinajstić information content (AvgIpc) is 2.96. The van der Waals surface area contributed by atoms with Crippen LogP contribution in [0.25, 0.3) is 5.69 Å². The van der Waals surface area contributed by atoms with Gasteiger partial charge < -0.3 is 10.1 Å². The Hall–Kier alpha value is -1.65. The minimum absolute atomic E-state index is 0.188. The number of para-hydroxylation sites is 1. The number of ether oxygens (including phenoxy) is 1. The van der Waals surface area contributed by atoms with Crippen LogP contribution in [0.15, 0.2) is 42.7 Å². The maximum absolute atomic E-state index is 5.42. The van der Waals surface area contributed by atoms with E-state index in [0.717, 1.165) is 38.3 Å². The molecule has 1 fully saturated rings. The zero-order valence-electron chi connectivity index (χ0n) is 11.9. The van der Waals surface area contributed by atoms with Crippen molar-refractivity contribution in [2.45, 2.75) is 31.8 Å². The molecular weight excluding hydrogens is 250 g/mol. The van der Waals surface area contributed by atoms with Crippen LogP contribution >= 0.6 is 0 Å². The molecule has 0 amide bonds. The summed E-state index contributed by atoms with van der Waals surface area (Å²) in [7, 11) is 0. The van der Waals surface area contributed by atoms with Crippen molar-refractivity contribution in [2.24, 2.45) is 0 Å². The third kappa shape index (κ3) is 3.08. The largest absolute Gasteiger partial charge is 0.381 e. The Labute approximate surface area is 119 Å². The van der Waals surface area contributed by atoms with Crippen molar-refractivity contribution in [1.82, 2.24) is 15.1 Å². The van der Waals surface area contributed by atoms with E-state index >= 15 is 0 Å². The molecular formula is C16H21N3O. The van der Waals surface area contributed by atoms with E-state index in [-0.39, 0.29) is 5.54 Å². The zero-order valence-corrected chi connectivity index (χ0v) is 11.9. The van der Waals surface area contributed by atoms with Crippen LogP contribution in [-0.4, -0.2) is 28.5 Å². The van der Waals surface area contributed by atoms with Crippen LogP contribution in [0.4, 0.5) is 0 Å². The lowest BCUT2D eigenvalue weighted by Crippen LogP contribution is -2.46. The molecule has 106 valence electrons. The summed E-state index contributed by atoms with van der Waals surface area (Å²) in [5.74, 6) is 0. The van der Waals surface area contributed by atoms with Crippen LogP contribution in [0.1, 0.15) is 25.3 Å². The van der Waals surface area contributed by atoms with Gasteiger partial charge in [-0.05, 0) is 31.9 Å². The SMILES string of the molecule is CC1(NCc2cnn(-c3ccccc3)c2)CCOCC1. The van der Waals surface area contributed by atoms with Gasteiger partial charge in [-0.3, -0.25) is 0 Å². The van der Waals surface area contributed by atoms with Gasteiger partial charge in [0.15, 0.2) is 0 Å². The van der Waals surface area contributed by atoms with E-state index in [2.05, 4.69) is 35.7 Å². The Balaban J connectivity index is 1.63. The van der Waals surface area contributed by atoms with Gasteiger partial charge in [0.05, 0.1) is 11.9 Å². The summed E-state index contributed by atoms with van der Waals surface area (Å²) in [6.45, 7) is 4.83. The smallest absolute Gasteiger partial charge is 0.0645 e. The van der Waals surface area contributed by atoms with E-state index in [1.807, 2.05) is 29.1 Å². The molecule has 0 bridgehead atoms. The molecule has 0 unspecified atom stereocenters. The van der Waals surface area contributed by atoms with Gasteiger partial charge in [0, 0.05) is 37.1 Å². The summed E-state index contributed by atoms with van der Waals surface area (Å²) in [5, 5.41) is 8.07. The van der Waals surface area contributed by atoms with Crippen LogP contribution in [-0.2, 0) is 11.3 Å². The highest BCUT2D eigenvalue weighted by molar-refractivity contribution is 5.30. The number of nitrogens with zero attached hydrogens (tertiary/aromatic N) is 2. The fourth-order valence-corrected chi connectivity index (χ4v) is 2.49. The van der Waals surface area contributed by atoms with E-state index in [4.69, 9.17) is 4.74 Å². The summed E-state index contributed by atoms with van der Waals surface area (Å²) >= 11 is 0. The van der Waals surface area contributed by atoms with Crippen molar-refractivity contribution < 1.29 is 4.74 Å². The summed E-state index contributed by atoms with van der Waals surface area (Å²) in [6.07, 6.45) is 6.16. The van der Waals surface area contributed by atoms with Crippen molar-refractivity contribution >= 4 is 0 Å². The molecule has 20 heavy (non-hydrogen) atoms. The Bertz CT molecular complexity index is 544. The van der Waals surface area contributed by atoms with Gasteiger partial charge in [0.25, 0.3) is 0 Å². The normalized spacial score (nSPS) is 18.1. The second-order valence-electron chi connectivity index (χ2n) is 5.66. The summed E-state index contributed by atoms with van der Waals surface area (Å²) in [6, 6.07) is 10.2. The summed E-state index contributed by atoms with van der Waals surface area (Å²) < 4.78 is 7.34. The topological polar surface area (TPSA) is 39.1 Å². The number of aromatic nitrogens is 2. The molecule has 2 heterocycles. The molecule has 1 saturated heterocycles. The number of hydrogen-bond acceptors (Lipinski definition) is 3. The molecule has 1 N–H and O–H groups in total. The Morgan fingerprint density at radius 1 is 1.25 bits per heavy atom. The Morgan fingerprint density at radius 2 is 2.00 bits per heavy atom. The predicted molar refractivity (Wildman–Crippen MR) is 78.9 cm³/mol. The Morgan fingerprint density at radius 3 is 2.75 bits per heavy atom. The van der Waals surface area contributed by atoms with Gasteiger partial charge >= 0.3 is 0 Å². The molecule has 4 heteroatoms. The molecule has 1 aliphatic heterocycles. The highest BCUT2D eigenvalue weighted by atomic mass is 16.5. The van der Waals surface area contributed by atoms with E-state index in [0.29, 0.717) is 0 Å². The quantitative estimate of drug-likeness (QED) is 0.928. The van der Waals surface area contributed by atoms with Gasteiger partial charge in [-0.2, -0.15) is 5.10 Å². The van der Waals surface area contributed by atoms with E-state index in [1.54, 1.807) is 0 Å². The molecule has 0 aliphatic carbocycles. The third-order valence-electron chi connectivity index (χ3n) is 3.97. The fraction of sp³-hybridized carbons (Fsp3) is 0.438. The lowest BCUT2D eigenvalue weighted by molar-refractivity contribution is 0.0446. The minimum atomic E-state index is 0.188. The fourth-order valence-electron chi connectivity index (χ4n) is 2.49. The predicted octanol–water partition coefficient (Wildman–Crippen LogP) is 2.53. The molecule has 1 aromatic heterocycles. The van der Waals surface area contributed by atoms with Crippen LogP contribution in [0, 0.1) is 0 Å². The second kappa shape index (κ2) is 5.77. The lowest BCUT2D eigenvalue weighted by Gasteiger charge is -2.34. The first kappa shape index (κ1) is 13.3. The number of rotatable bonds is 4. The molecule has 0 spiro atoms. The third-order valence-corrected chi connectivity index (χ3v) is 3.97. The highest BCUT2D eigenvalue weighted by Crippen LogP contribution is 2.20. The van der Waals surface area contributed by atoms with Crippen molar-refractivity contribution in [3.8, 4) is 5.69 Å². The molecule has 0 radical (unpaired) electrons. The van der Waals surface area contributed by atoms with Gasteiger partial charge in [0.1, 0.15) is 0 Å². The zero-order chi connectivity index (χ0) is 13.8. The molecule has 1 aliphatic rings. The number of nitrogens with one attached hydrogen (secondary N) is 1. The molecule has 1 aromatic carbocycles. The monoisotopic (exact) mass is 271 g/mol. The molecule has 0 atom stereocenters. The summed E-state index contributed by atoms with van der Waals surface area (Å²) in [4.78, 5) is 0. The number of hydrogen-bond donors (Lipinski definition) is 1. The Kier molecular flexibility index (Phi) is 3.85. The first-order valence-corrected chi connectivity index (χ1v) is 7.17. The average molecular weight is 271 g/mol. The van der Waals surface area contributed by atoms with Crippen molar-refractivity contribution in [2.75, 3.05) is 13.2 Å². The van der Waals surface area contributed by atoms with Crippen LogP contribution < -0.4 is 5.32 Å². The van der Waals surface area contributed by atoms with Gasteiger partial charge in [-0.25, -0.2) is 4.68 Å². The second-order valence-corrected chi connectivity index (χ2v) is 5.66. The van der Waals surface area contributed by atoms with Crippen molar-refractivity contribution in [1.29, 1.82) is 0 Å². The van der Waals surface area contributed by atoms with Gasteiger partial charge in [-0.1, -0.05) is 18.2 Å². The standard InChI is InChI=1S/C16H21N3O/c1-16(7-9-20-10-8-16)17-11-14-12-18-19(13-14)15-5-3-2-4-6-15/h2-6,12-13,17H,7-11H2,1H3. The maximum atomic E-state index is 5.42.